The number of amides is 1. The molecule has 0 radical (unpaired) electrons. The Kier molecular flexibility index (Phi) is 5.94. The van der Waals surface area contributed by atoms with Gasteiger partial charge in [-0.15, -0.1) is 0 Å². The van der Waals surface area contributed by atoms with E-state index in [0.29, 0.717) is 31.9 Å². The highest BCUT2D eigenvalue weighted by Crippen LogP contribution is 2.20. The fourth-order valence-electron chi connectivity index (χ4n) is 3.16. The first-order valence-electron chi connectivity index (χ1n) is 8.93. The molecule has 1 atom stereocenters. The van der Waals surface area contributed by atoms with Crippen LogP contribution in [0.3, 0.4) is 0 Å². The molecule has 1 aliphatic rings. The predicted octanol–water partition coefficient (Wildman–Crippen LogP) is 2.51. The average molecular weight is 388 g/mol. The lowest BCUT2D eigenvalue weighted by Crippen LogP contribution is -2.40. The SMILES string of the molecule is Cc1ccccc1C(C)NS(=O)(=O)c1ccc(C(=O)N2CCOCC2)cc1. The highest BCUT2D eigenvalue weighted by molar-refractivity contribution is 7.89. The third kappa shape index (κ3) is 4.55. The Bertz CT molecular complexity index is 904. The lowest BCUT2D eigenvalue weighted by atomic mass is 10.0. The van der Waals surface area contributed by atoms with Crippen molar-refractivity contribution in [1.29, 1.82) is 0 Å². The second kappa shape index (κ2) is 8.21. The predicted molar refractivity (Wildman–Crippen MR) is 103 cm³/mol. The Balaban J connectivity index is 1.73. The number of sulfonamides is 1. The minimum absolute atomic E-state index is 0.108. The summed E-state index contributed by atoms with van der Waals surface area (Å²) in [6.45, 7) is 5.92. The van der Waals surface area contributed by atoms with Gasteiger partial charge < -0.3 is 9.64 Å². The number of morpholine rings is 1. The summed E-state index contributed by atoms with van der Waals surface area (Å²) in [6.07, 6.45) is 0. The van der Waals surface area contributed by atoms with Crippen LogP contribution in [0.2, 0.25) is 0 Å². The van der Waals surface area contributed by atoms with Gasteiger partial charge in [0.05, 0.1) is 18.1 Å². The van der Waals surface area contributed by atoms with Gasteiger partial charge in [0.1, 0.15) is 0 Å². The summed E-state index contributed by atoms with van der Waals surface area (Å²) in [7, 11) is -3.69. The van der Waals surface area contributed by atoms with E-state index in [-0.39, 0.29) is 16.8 Å². The van der Waals surface area contributed by atoms with Crippen molar-refractivity contribution in [2.45, 2.75) is 24.8 Å². The number of rotatable bonds is 5. The van der Waals surface area contributed by atoms with Crippen molar-refractivity contribution in [1.82, 2.24) is 9.62 Å². The van der Waals surface area contributed by atoms with Gasteiger partial charge in [0.15, 0.2) is 0 Å². The number of aryl methyl sites for hydroxylation is 1. The lowest BCUT2D eigenvalue weighted by molar-refractivity contribution is 0.0303. The number of nitrogens with one attached hydrogen (secondary N) is 1. The highest BCUT2D eigenvalue weighted by atomic mass is 32.2. The number of carbonyl (C=O) groups is 1. The number of ether oxygens (including phenoxy) is 1. The Morgan fingerprint density at radius 3 is 2.33 bits per heavy atom. The van der Waals surface area contributed by atoms with Crippen LogP contribution in [0.15, 0.2) is 53.4 Å². The van der Waals surface area contributed by atoms with Gasteiger partial charge in [0, 0.05) is 24.7 Å². The van der Waals surface area contributed by atoms with E-state index in [1.54, 1.807) is 17.0 Å². The molecule has 1 heterocycles. The van der Waals surface area contributed by atoms with Crippen molar-refractivity contribution in [2.24, 2.45) is 0 Å². The number of hydrogen-bond donors (Lipinski definition) is 1. The largest absolute Gasteiger partial charge is 0.378 e. The Hall–Kier alpha value is -2.22. The van der Waals surface area contributed by atoms with Crippen LogP contribution in [0.4, 0.5) is 0 Å². The molecule has 2 aromatic carbocycles. The van der Waals surface area contributed by atoms with Crippen LogP contribution in [0.25, 0.3) is 0 Å². The van der Waals surface area contributed by atoms with E-state index in [1.807, 2.05) is 38.1 Å². The molecule has 7 heteroatoms. The van der Waals surface area contributed by atoms with Crippen LogP contribution in [0.5, 0.6) is 0 Å². The van der Waals surface area contributed by atoms with Gasteiger partial charge in [0.2, 0.25) is 10.0 Å². The molecule has 2 aromatic rings. The standard InChI is InChI=1S/C20H24N2O4S/c1-15-5-3-4-6-19(15)16(2)21-27(24,25)18-9-7-17(8-10-18)20(23)22-11-13-26-14-12-22/h3-10,16,21H,11-14H2,1-2H3. The van der Waals surface area contributed by atoms with Crippen molar-refractivity contribution in [3.63, 3.8) is 0 Å². The first-order valence-corrected chi connectivity index (χ1v) is 10.4. The smallest absolute Gasteiger partial charge is 0.254 e. The molecule has 1 N–H and O–H groups in total. The summed E-state index contributed by atoms with van der Waals surface area (Å²) in [4.78, 5) is 14.3. The molecule has 3 rings (SSSR count). The van der Waals surface area contributed by atoms with Crippen molar-refractivity contribution < 1.29 is 17.9 Å². The molecule has 1 unspecified atom stereocenters. The maximum absolute atomic E-state index is 12.7. The summed E-state index contributed by atoms with van der Waals surface area (Å²) in [5.41, 5.74) is 2.43. The van der Waals surface area contributed by atoms with Crippen LogP contribution < -0.4 is 4.72 Å². The highest BCUT2D eigenvalue weighted by Gasteiger charge is 2.22. The van der Waals surface area contributed by atoms with Gasteiger partial charge in [-0.05, 0) is 49.2 Å². The normalized spacial score (nSPS) is 16.1. The molecule has 1 saturated heterocycles. The second-order valence-corrected chi connectivity index (χ2v) is 8.34. The van der Waals surface area contributed by atoms with E-state index in [0.717, 1.165) is 11.1 Å². The number of carbonyl (C=O) groups excluding carboxylic acids is 1. The minimum Gasteiger partial charge on any atom is -0.378 e. The maximum atomic E-state index is 12.7. The molecule has 0 aromatic heterocycles. The van der Waals surface area contributed by atoms with Crippen LogP contribution in [0.1, 0.15) is 34.5 Å². The number of hydrogen-bond acceptors (Lipinski definition) is 4. The fourth-order valence-corrected chi connectivity index (χ4v) is 4.39. The van der Waals surface area contributed by atoms with Gasteiger partial charge in [-0.25, -0.2) is 13.1 Å². The third-order valence-electron chi connectivity index (χ3n) is 4.70. The molecule has 27 heavy (non-hydrogen) atoms. The molecule has 0 bridgehead atoms. The van der Waals surface area contributed by atoms with Gasteiger partial charge in [-0.2, -0.15) is 0 Å². The van der Waals surface area contributed by atoms with Crippen molar-refractivity contribution in [3.05, 3.63) is 65.2 Å². The van der Waals surface area contributed by atoms with Gasteiger partial charge in [0.25, 0.3) is 5.91 Å². The second-order valence-electron chi connectivity index (χ2n) is 6.63. The van der Waals surface area contributed by atoms with E-state index in [4.69, 9.17) is 4.74 Å². The number of benzene rings is 2. The van der Waals surface area contributed by atoms with Gasteiger partial charge in [-0.3, -0.25) is 4.79 Å². The van der Waals surface area contributed by atoms with E-state index < -0.39 is 10.0 Å². The quantitative estimate of drug-likeness (QED) is 0.854. The molecule has 0 spiro atoms. The van der Waals surface area contributed by atoms with Gasteiger partial charge in [-0.1, -0.05) is 24.3 Å². The Morgan fingerprint density at radius 2 is 1.70 bits per heavy atom. The lowest BCUT2D eigenvalue weighted by Gasteiger charge is -2.26. The summed E-state index contributed by atoms with van der Waals surface area (Å²) >= 11 is 0. The van der Waals surface area contributed by atoms with Crippen LogP contribution in [0, 0.1) is 6.92 Å². The van der Waals surface area contributed by atoms with Crippen LogP contribution in [-0.2, 0) is 14.8 Å². The summed E-state index contributed by atoms with van der Waals surface area (Å²) in [5.74, 6) is -0.108. The van der Waals surface area contributed by atoms with Crippen molar-refractivity contribution in [3.8, 4) is 0 Å². The third-order valence-corrected chi connectivity index (χ3v) is 6.25. The monoisotopic (exact) mass is 388 g/mol. The van der Waals surface area contributed by atoms with Crippen molar-refractivity contribution >= 4 is 15.9 Å². The molecule has 144 valence electrons. The Labute approximate surface area is 160 Å². The topological polar surface area (TPSA) is 75.7 Å². The van der Waals surface area contributed by atoms with Crippen LogP contribution >= 0.6 is 0 Å². The molecule has 0 saturated carbocycles. The molecule has 6 nitrogen and oxygen atoms in total. The zero-order valence-corrected chi connectivity index (χ0v) is 16.3. The molecule has 1 fully saturated rings. The maximum Gasteiger partial charge on any atom is 0.254 e. The molecular weight excluding hydrogens is 364 g/mol. The zero-order chi connectivity index (χ0) is 19.4. The number of nitrogens with zero attached hydrogens (tertiary/aromatic N) is 1. The molecule has 1 aliphatic heterocycles. The minimum atomic E-state index is -3.69. The van der Waals surface area contributed by atoms with E-state index in [9.17, 15) is 13.2 Å². The zero-order valence-electron chi connectivity index (χ0n) is 15.5. The summed E-state index contributed by atoms with van der Waals surface area (Å²) in [6, 6.07) is 13.4. The van der Waals surface area contributed by atoms with E-state index in [1.165, 1.54) is 12.1 Å². The first-order chi connectivity index (χ1) is 12.9. The molecule has 1 amide bonds. The summed E-state index contributed by atoms with van der Waals surface area (Å²) in [5, 5.41) is 0. The average Bonchev–Trinajstić information content (AvgIpc) is 2.68. The van der Waals surface area contributed by atoms with E-state index in [2.05, 4.69) is 4.72 Å². The summed E-state index contributed by atoms with van der Waals surface area (Å²) < 4.78 is 33.3. The Morgan fingerprint density at radius 1 is 1.07 bits per heavy atom. The molecular formula is C20H24N2O4S. The fraction of sp³-hybridized carbons (Fsp3) is 0.350. The van der Waals surface area contributed by atoms with Crippen molar-refractivity contribution in [2.75, 3.05) is 26.3 Å². The van der Waals surface area contributed by atoms with E-state index >= 15 is 0 Å². The first kappa shape index (κ1) is 19.5. The molecule has 0 aliphatic carbocycles. The van der Waals surface area contributed by atoms with Crippen LogP contribution in [-0.4, -0.2) is 45.5 Å². The van der Waals surface area contributed by atoms with Gasteiger partial charge >= 0.3 is 0 Å².